The molecule has 0 aromatic heterocycles. The number of anilines is 1. The minimum Gasteiger partial charge on any atom is -0.396 e. The minimum absolute atomic E-state index is 0.368. The number of aliphatic hydroxyl groups excluding tert-OH is 1. The molecule has 156 valence electrons. The highest BCUT2D eigenvalue weighted by Gasteiger charge is 2.45. The van der Waals surface area contributed by atoms with Gasteiger partial charge in [0.2, 0.25) is 0 Å². The number of rotatable bonds is 5. The Balaban J connectivity index is 1.31. The molecule has 3 fully saturated rings. The first kappa shape index (κ1) is 20.2. The summed E-state index contributed by atoms with van der Waals surface area (Å²) in [6.45, 7) is 11.0. The van der Waals surface area contributed by atoms with E-state index in [-0.39, 0.29) is 0 Å². The van der Waals surface area contributed by atoms with Crippen LogP contribution in [0.2, 0.25) is 0 Å². The molecule has 0 radical (unpaired) electrons. The molecule has 4 nitrogen and oxygen atoms in total. The molecule has 1 unspecified atom stereocenters. The van der Waals surface area contributed by atoms with E-state index in [2.05, 4.69) is 52.0 Å². The molecule has 1 spiro atoms. The molecule has 3 heterocycles. The average molecular weight is 386 g/mol. The predicted molar refractivity (Wildman–Crippen MR) is 117 cm³/mol. The molecule has 1 atom stereocenters. The van der Waals surface area contributed by atoms with Crippen LogP contribution in [0.5, 0.6) is 0 Å². The van der Waals surface area contributed by atoms with Crippen molar-refractivity contribution >= 4 is 5.69 Å². The maximum atomic E-state index is 10.2. The van der Waals surface area contributed by atoms with Gasteiger partial charge < -0.3 is 14.9 Å². The highest BCUT2D eigenvalue weighted by molar-refractivity contribution is 5.46. The van der Waals surface area contributed by atoms with Crippen LogP contribution >= 0.6 is 0 Å². The smallest absolute Gasteiger partial charge is 0.0476 e. The van der Waals surface area contributed by atoms with Crippen molar-refractivity contribution in [3.05, 3.63) is 30.3 Å². The van der Waals surface area contributed by atoms with Crippen LogP contribution in [0, 0.1) is 11.3 Å². The lowest BCUT2D eigenvalue weighted by atomic mass is 9.64. The Morgan fingerprint density at radius 1 is 0.964 bits per heavy atom. The van der Waals surface area contributed by atoms with Gasteiger partial charge in [0, 0.05) is 43.9 Å². The number of para-hydroxylation sites is 1. The van der Waals surface area contributed by atoms with Gasteiger partial charge in [-0.3, -0.25) is 4.90 Å². The van der Waals surface area contributed by atoms with E-state index in [0.717, 1.165) is 19.6 Å². The van der Waals surface area contributed by atoms with Gasteiger partial charge in [-0.05, 0) is 82.3 Å². The van der Waals surface area contributed by atoms with Gasteiger partial charge >= 0.3 is 0 Å². The first-order valence-electron chi connectivity index (χ1n) is 11.6. The van der Waals surface area contributed by atoms with E-state index in [9.17, 15) is 5.11 Å². The monoisotopic (exact) mass is 385 g/mol. The molecule has 28 heavy (non-hydrogen) atoms. The SMILES string of the molecule is CCCN1CCC2(CC1)CCN(C1CCN(c3ccccc3)CC1)CC2CO. The van der Waals surface area contributed by atoms with Gasteiger partial charge in [-0.1, -0.05) is 25.1 Å². The zero-order chi connectivity index (χ0) is 19.4. The summed E-state index contributed by atoms with van der Waals surface area (Å²) in [5, 5.41) is 10.2. The summed E-state index contributed by atoms with van der Waals surface area (Å²) >= 11 is 0. The lowest BCUT2D eigenvalue weighted by molar-refractivity contribution is -0.0546. The molecule has 4 heteroatoms. The second-order valence-corrected chi connectivity index (χ2v) is 9.38. The Bertz CT molecular complexity index is 591. The number of nitrogens with zero attached hydrogens (tertiary/aromatic N) is 3. The fourth-order valence-electron chi connectivity index (χ4n) is 6.05. The molecule has 0 saturated carbocycles. The molecule has 0 aliphatic carbocycles. The van der Waals surface area contributed by atoms with Crippen LogP contribution in [0.25, 0.3) is 0 Å². The van der Waals surface area contributed by atoms with Crippen LogP contribution in [0.3, 0.4) is 0 Å². The van der Waals surface area contributed by atoms with Crippen molar-refractivity contribution in [2.45, 2.75) is 51.5 Å². The summed E-state index contributed by atoms with van der Waals surface area (Å²) in [4.78, 5) is 7.90. The molecule has 3 aliphatic rings. The maximum Gasteiger partial charge on any atom is 0.0476 e. The first-order chi connectivity index (χ1) is 13.7. The molecule has 1 aromatic rings. The lowest BCUT2D eigenvalue weighted by Gasteiger charge is -2.53. The molecule has 0 amide bonds. The zero-order valence-corrected chi connectivity index (χ0v) is 17.7. The van der Waals surface area contributed by atoms with Crippen LogP contribution < -0.4 is 4.90 Å². The summed E-state index contributed by atoms with van der Waals surface area (Å²) in [7, 11) is 0. The van der Waals surface area contributed by atoms with E-state index < -0.39 is 0 Å². The van der Waals surface area contributed by atoms with Gasteiger partial charge in [0.25, 0.3) is 0 Å². The Morgan fingerprint density at radius 3 is 2.29 bits per heavy atom. The molecule has 3 aliphatic heterocycles. The van der Waals surface area contributed by atoms with Crippen molar-refractivity contribution in [2.75, 3.05) is 57.3 Å². The Labute approximate surface area is 171 Å². The van der Waals surface area contributed by atoms with Crippen molar-refractivity contribution in [3.8, 4) is 0 Å². The second-order valence-electron chi connectivity index (χ2n) is 9.38. The third-order valence-corrected chi connectivity index (χ3v) is 7.93. The predicted octanol–water partition coefficient (Wildman–Crippen LogP) is 3.46. The average Bonchev–Trinajstić information content (AvgIpc) is 2.77. The van der Waals surface area contributed by atoms with E-state index in [1.54, 1.807) is 0 Å². The van der Waals surface area contributed by atoms with E-state index >= 15 is 0 Å². The lowest BCUT2D eigenvalue weighted by Crippen LogP contribution is -2.56. The highest BCUT2D eigenvalue weighted by atomic mass is 16.3. The number of hydrogen-bond donors (Lipinski definition) is 1. The summed E-state index contributed by atoms with van der Waals surface area (Å²) in [5.74, 6) is 0.470. The molecule has 3 saturated heterocycles. The first-order valence-corrected chi connectivity index (χ1v) is 11.6. The van der Waals surface area contributed by atoms with E-state index in [4.69, 9.17) is 0 Å². The van der Waals surface area contributed by atoms with Crippen molar-refractivity contribution in [1.29, 1.82) is 0 Å². The number of piperidine rings is 3. The zero-order valence-electron chi connectivity index (χ0n) is 17.7. The number of aliphatic hydroxyl groups is 1. The quantitative estimate of drug-likeness (QED) is 0.841. The van der Waals surface area contributed by atoms with Gasteiger partial charge in [-0.25, -0.2) is 0 Å². The van der Waals surface area contributed by atoms with Crippen molar-refractivity contribution < 1.29 is 5.11 Å². The Hall–Kier alpha value is -1.10. The van der Waals surface area contributed by atoms with E-state index in [1.165, 1.54) is 70.4 Å². The second kappa shape index (κ2) is 9.15. The van der Waals surface area contributed by atoms with Crippen molar-refractivity contribution in [3.63, 3.8) is 0 Å². The van der Waals surface area contributed by atoms with Gasteiger partial charge in [-0.2, -0.15) is 0 Å². The topological polar surface area (TPSA) is 30.0 Å². The van der Waals surface area contributed by atoms with Crippen LogP contribution in [-0.2, 0) is 0 Å². The number of hydrogen-bond acceptors (Lipinski definition) is 4. The maximum absolute atomic E-state index is 10.2. The largest absolute Gasteiger partial charge is 0.396 e. The van der Waals surface area contributed by atoms with E-state index in [0.29, 0.717) is 24.0 Å². The van der Waals surface area contributed by atoms with Gasteiger partial charge in [0.15, 0.2) is 0 Å². The van der Waals surface area contributed by atoms with Crippen molar-refractivity contribution in [2.24, 2.45) is 11.3 Å². The number of likely N-dealkylation sites (tertiary alicyclic amines) is 2. The Morgan fingerprint density at radius 2 is 1.64 bits per heavy atom. The van der Waals surface area contributed by atoms with Crippen LogP contribution in [-0.4, -0.2) is 73.4 Å². The van der Waals surface area contributed by atoms with Gasteiger partial charge in [0.1, 0.15) is 0 Å². The molecule has 4 rings (SSSR count). The fourth-order valence-corrected chi connectivity index (χ4v) is 6.05. The standard InChI is InChI=1S/C24H39N3O/c1-2-13-25-16-10-24(11-17-25)12-18-27(19-21(24)20-28)23-8-14-26(15-9-23)22-6-4-3-5-7-22/h3-7,21,23,28H,2,8-20H2,1H3. The van der Waals surface area contributed by atoms with Crippen LogP contribution in [0.4, 0.5) is 5.69 Å². The summed E-state index contributed by atoms with van der Waals surface area (Å²) in [6.07, 6.45) is 7.63. The van der Waals surface area contributed by atoms with Gasteiger partial charge in [0.05, 0.1) is 0 Å². The summed E-state index contributed by atoms with van der Waals surface area (Å²) in [6, 6.07) is 11.6. The summed E-state index contributed by atoms with van der Waals surface area (Å²) in [5.41, 5.74) is 1.77. The number of benzene rings is 1. The van der Waals surface area contributed by atoms with Gasteiger partial charge in [-0.15, -0.1) is 0 Å². The highest BCUT2D eigenvalue weighted by Crippen LogP contribution is 2.46. The molecule has 1 N–H and O–H groups in total. The molecular weight excluding hydrogens is 346 g/mol. The normalized spacial score (nSPS) is 27.4. The van der Waals surface area contributed by atoms with Crippen LogP contribution in [0.1, 0.15) is 45.4 Å². The van der Waals surface area contributed by atoms with E-state index in [1.807, 2.05) is 0 Å². The van der Waals surface area contributed by atoms with Crippen LogP contribution in [0.15, 0.2) is 30.3 Å². The molecular formula is C24H39N3O. The minimum atomic E-state index is 0.368. The fraction of sp³-hybridized carbons (Fsp3) is 0.750. The molecule has 0 bridgehead atoms. The summed E-state index contributed by atoms with van der Waals surface area (Å²) < 4.78 is 0. The third-order valence-electron chi connectivity index (χ3n) is 7.93. The third kappa shape index (κ3) is 4.24. The van der Waals surface area contributed by atoms with Crippen molar-refractivity contribution in [1.82, 2.24) is 9.80 Å². The Kier molecular flexibility index (Phi) is 6.59. The molecule has 1 aromatic carbocycles.